The van der Waals surface area contributed by atoms with Gasteiger partial charge in [0.15, 0.2) is 0 Å². The summed E-state index contributed by atoms with van der Waals surface area (Å²) in [7, 11) is 0. The molecule has 1 aromatic carbocycles. The Labute approximate surface area is 107 Å². The molecule has 0 aliphatic rings. The molecule has 1 N–H and O–H groups in total. The van der Waals surface area contributed by atoms with Gasteiger partial charge in [-0.05, 0) is 31.0 Å². The Morgan fingerprint density at radius 3 is 2.61 bits per heavy atom. The van der Waals surface area contributed by atoms with E-state index in [1.807, 2.05) is 0 Å². The van der Waals surface area contributed by atoms with Crippen molar-refractivity contribution in [2.75, 3.05) is 0 Å². The quantitative estimate of drug-likeness (QED) is 0.880. The Hall–Kier alpha value is -1.23. The van der Waals surface area contributed by atoms with Crippen LogP contribution in [0.5, 0.6) is 0 Å². The van der Waals surface area contributed by atoms with Gasteiger partial charge in [0, 0.05) is 18.4 Å². The van der Waals surface area contributed by atoms with Crippen LogP contribution in [0.4, 0.5) is 13.2 Å². The van der Waals surface area contributed by atoms with Crippen LogP contribution in [-0.2, 0) is 10.7 Å². The fraction of sp³-hybridized carbons (Fsp3) is 0.417. The molecule has 100 valence electrons. The Morgan fingerprint density at radius 2 is 2.06 bits per heavy atom. The van der Waals surface area contributed by atoms with E-state index in [0.29, 0.717) is 0 Å². The van der Waals surface area contributed by atoms with Gasteiger partial charge >= 0.3 is 5.97 Å². The molecule has 0 spiro atoms. The summed E-state index contributed by atoms with van der Waals surface area (Å²) in [6.45, 7) is 1.36. The van der Waals surface area contributed by atoms with E-state index in [-0.39, 0.29) is 23.4 Å². The first-order chi connectivity index (χ1) is 8.24. The first kappa shape index (κ1) is 14.8. The monoisotopic (exact) mass is 280 g/mol. The summed E-state index contributed by atoms with van der Waals surface area (Å²) in [5.74, 6) is -5.04. The maximum absolute atomic E-state index is 13.8. The molecule has 0 bridgehead atoms. The molecule has 0 saturated carbocycles. The number of aryl methyl sites for hydroxylation is 1. The minimum Gasteiger partial charge on any atom is -0.481 e. The van der Waals surface area contributed by atoms with Gasteiger partial charge < -0.3 is 5.11 Å². The number of carboxylic acid groups (broad SMARTS) is 1. The van der Waals surface area contributed by atoms with Crippen molar-refractivity contribution in [2.24, 2.45) is 0 Å². The molecular formula is C12H12ClF3O2. The highest BCUT2D eigenvalue weighted by atomic mass is 35.5. The first-order valence-electron chi connectivity index (χ1n) is 5.30. The number of rotatable bonds is 5. The molecule has 0 radical (unpaired) electrons. The number of benzene rings is 1. The van der Waals surface area contributed by atoms with Crippen LogP contribution in [0.25, 0.3) is 0 Å². The lowest BCUT2D eigenvalue weighted by atomic mass is 10.0. The third-order valence-corrected chi connectivity index (χ3v) is 2.84. The summed E-state index contributed by atoms with van der Waals surface area (Å²) in [5, 5.41) is 8.05. The molecule has 1 rings (SSSR count). The van der Waals surface area contributed by atoms with Gasteiger partial charge in [-0.25, -0.2) is 13.2 Å². The van der Waals surface area contributed by atoms with E-state index in [2.05, 4.69) is 0 Å². The van der Waals surface area contributed by atoms with Crippen molar-refractivity contribution < 1.29 is 23.1 Å². The van der Waals surface area contributed by atoms with Crippen molar-refractivity contribution in [1.29, 1.82) is 0 Å². The molecule has 0 fully saturated rings. The lowest BCUT2D eigenvalue weighted by Gasteiger charge is -2.18. The third-order valence-electron chi connectivity index (χ3n) is 2.52. The van der Waals surface area contributed by atoms with Gasteiger partial charge in [-0.1, -0.05) is 11.6 Å². The van der Waals surface area contributed by atoms with E-state index in [4.69, 9.17) is 16.7 Å². The number of aliphatic carboxylic acids is 1. The summed E-state index contributed by atoms with van der Waals surface area (Å²) in [6.07, 6.45) is -1.15. The zero-order valence-corrected chi connectivity index (χ0v) is 10.4. The predicted octanol–water partition coefficient (Wildman–Crippen LogP) is 4.13. The van der Waals surface area contributed by atoms with Crippen molar-refractivity contribution >= 4 is 17.6 Å². The number of halogens is 4. The van der Waals surface area contributed by atoms with Crippen molar-refractivity contribution in [3.63, 3.8) is 0 Å². The zero-order chi connectivity index (χ0) is 13.9. The Kier molecular flexibility index (Phi) is 4.62. The fourth-order valence-electron chi connectivity index (χ4n) is 1.53. The second kappa shape index (κ2) is 5.61. The van der Waals surface area contributed by atoms with Gasteiger partial charge in [-0.2, -0.15) is 0 Å². The zero-order valence-electron chi connectivity index (χ0n) is 9.64. The number of hydrogen-bond donors (Lipinski definition) is 1. The highest BCUT2D eigenvalue weighted by Crippen LogP contribution is 2.38. The van der Waals surface area contributed by atoms with Crippen LogP contribution < -0.4 is 0 Å². The van der Waals surface area contributed by atoms with E-state index in [9.17, 15) is 18.0 Å². The summed E-state index contributed by atoms with van der Waals surface area (Å²) in [4.78, 5) is 10.3. The van der Waals surface area contributed by atoms with Crippen molar-refractivity contribution in [3.8, 4) is 0 Å². The molecule has 6 heteroatoms. The van der Waals surface area contributed by atoms with Gasteiger partial charge in [-0.15, -0.1) is 0 Å². The summed E-state index contributed by atoms with van der Waals surface area (Å²) in [5.41, 5.74) is -0.388. The van der Waals surface area contributed by atoms with E-state index < -0.39 is 29.7 Å². The second-order valence-corrected chi connectivity index (χ2v) is 4.44. The van der Waals surface area contributed by atoms with Crippen LogP contribution in [0.1, 0.15) is 30.4 Å². The average Bonchev–Trinajstić information content (AvgIpc) is 2.22. The predicted molar refractivity (Wildman–Crippen MR) is 61.5 cm³/mol. The highest BCUT2D eigenvalue weighted by Gasteiger charge is 2.34. The van der Waals surface area contributed by atoms with E-state index in [1.54, 1.807) is 0 Å². The standard InChI is InChI=1S/C12H12ClF3O2/c1-7-5-8(9(13)6-10(7)14)12(15,16)4-2-3-11(17)18/h5-6H,2-4H2,1H3,(H,17,18). The largest absolute Gasteiger partial charge is 0.481 e. The smallest absolute Gasteiger partial charge is 0.303 e. The third kappa shape index (κ3) is 3.63. The summed E-state index contributed by atoms with van der Waals surface area (Å²) < 4.78 is 40.7. The first-order valence-corrected chi connectivity index (χ1v) is 5.67. The summed E-state index contributed by atoms with van der Waals surface area (Å²) in [6, 6.07) is 1.84. The van der Waals surface area contributed by atoms with Crippen LogP contribution >= 0.6 is 11.6 Å². The molecule has 0 aromatic heterocycles. The molecule has 0 aliphatic heterocycles. The summed E-state index contributed by atoms with van der Waals surface area (Å²) >= 11 is 5.59. The fourth-order valence-corrected chi connectivity index (χ4v) is 1.82. The van der Waals surface area contributed by atoms with Crippen LogP contribution in [0.15, 0.2) is 12.1 Å². The molecule has 0 saturated heterocycles. The molecule has 0 heterocycles. The van der Waals surface area contributed by atoms with E-state index in [1.165, 1.54) is 6.92 Å². The highest BCUT2D eigenvalue weighted by molar-refractivity contribution is 6.31. The normalized spacial score (nSPS) is 11.6. The molecule has 0 unspecified atom stereocenters. The van der Waals surface area contributed by atoms with Crippen LogP contribution in [-0.4, -0.2) is 11.1 Å². The minimum absolute atomic E-state index is 0.0762. The lowest BCUT2D eigenvalue weighted by molar-refractivity contribution is -0.137. The number of alkyl halides is 2. The van der Waals surface area contributed by atoms with Gasteiger partial charge in [0.05, 0.1) is 5.02 Å². The minimum atomic E-state index is -3.26. The second-order valence-electron chi connectivity index (χ2n) is 4.03. The Bertz CT molecular complexity index is 461. The van der Waals surface area contributed by atoms with Crippen LogP contribution in [0, 0.1) is 12.7 Å². The van der Waals surface area contributed by atoms with Gasteiger partial charge in [-0.3, -0.25) is 4.79 Å². The molecule has 1 aromatic rings. The van der Waals surface area contributed by atoms with Crippen molar-refractivity contribution in [1.82, 2.24) is 0 Å². The van der Waals surface area contributed by atoms with E-state index in [0.717, 1.165) is 12.1 Å². The maximum Gasteiger partial charge on any atom is 0.303 e. The van der Waals surface area contributed by atoms with Crippen LogP contribution in [0.2, 0.25) is 5.02 Å². The molecule has 0 atom stereocenters. The Balaban J connectivity index is 2.90. The van der Waals surface area contributed by atoms with Crippen LogP contribution in [0.3, 0.4) is 0 Å². The Morgan fingerprint density at radius 1 is 1.44 bits per heavy atom. The lowest BCUT2D eigenvalue weighted by Crippen LogP contribution is -2.15. The average molecular weight is 281 g/mol. The number of hydrogen-bond acceptors (Lipinski definition) is 1. The molecule has 0 amide bonds. The molecular weight excluding hydrogens is 269 g/mol. The van der Waals surface area contributed by atoms with Crippen molar-refractivity contribution in [2.45, 2.75) is 32.1 Å². The topological polar surface area (TPSA) is 37.3 Å². The molecule has 0 aliphatic carbocycles. The van der Waals surface area contributed by atoms with E-state index >= 15 is 0 Å². The maximum atomic E-state index is 13.8. The van der Waals surface area contributed by atoms with Gasteiger partial charge in [0.1, 0.15) is 5.82 Å². The number of carbonyl (C=O) groups is 1. The SMILES string of the molecule is Cc1cc(C(F)(F)CCCC(=O)O)c(Cl)cc1F. The van der Waals surface area contributed by atoms with Crippen molar-refractivity contribution in [3.05, 3.63) is 34.1 Å². The number of carboxylic acids is 1. The van der Waals surface area contributed by atoms with Gasteiger partial charge in [0.2, 0.25) is 0 Å². The molecule has 18 heavy (non-hydrogen) atoms. The molecule has 2 nitrogen and oxygen atoms in total. The van der Waals surface area contributed by atoms with Gasteiger partial charge in [0.25, 0.3) is 5.92 Å².